The predicted octanol–water partition coefficient (Wildman–Crippen LogP) is 3.52. The molecule has 0 saturated carbocycles. The molecule has 26 heavy (non-hydrogen) atoms. The zero-order valence-electron chi connectivity index (χ0n) is 14.7. The third kappa shape index (κ3) is 3.18. The second-order valence-electron chi connectivity index (χ2n) is 6.08. The Balaban J connectivity index is 2.24. The van der Waals surface area contributed by atoms with Gasteiger partial charge in [-0.15, -0.1) is 0 Å². The van der Waals surface area contributed by atoms with Crippen LogP contribution in [0.25, 0.3) is 10.9 Å². The number of hydrogen-bond donors (Lipinski definition) is 0. The van der Waals surface area contributed by atoms with E-state index in [0.717, 1.165) is 16.5 Å². The zero-order chi connectivity index (χ0) is 18.7. The van der Waals surface area contributed by atoms with Gasteiger partial charge in [0.1, 0.15) is 0 Å². The lowest BCUT2D eigenvalue weighted by Gasteiger charge is -2.20. The molecule has 0 aliphatic carbocycles. The number of hydrogen-bond acceptors (Lipinski definition) is 4. The number of nitrogens with zero attached hydrogens (tertiary/aromatic N) is 2. The van der Waals surface area contributed by atoms with Crippen LogP contribution in [-0.4, -0.2) is 28.1 Å². The third-order valence-corrected chi connectivity index (χ3v) is 4.49. The minimum atomic E-state index is -1.51. The molecule has 0 amide bonds. The minimum Gasteiger partial charge on any atom is -0.461 e. The van der Waals surface area contributed by atoms with Gasteiger partial charge in [0.15, 0.2) is 0 Å². The van der Waals surface area contributed by atoms with Gasteiger partial charge >= 0.3 is 12.0 Å². The van der Waals surface area contributed by atoms with E-state index in [1.807, 2.05) is 72.4 Å². The number of fused-ring (bicyclic) bond motifs is 1. The van der Waals surface area contributed by atoms with Crippen LogP contribution in [0.15, 0.2) is 60.8 Å². The van der Waals surface area contributed by atoms with Crippen molar-refractivity contribution in [2.24, 2.45) is 7.05 Å². The molecule has 0 bridgehead atoms. The fraction of sp³-hybridized carbons (Fsp3) is 0.250. The molecule has 1 aromatic heterocycles. The van der Waals surface area contributed by atoms with E-state index in [1.54, 1.807) is 6.92 Å². The maximum absolute atomic E-state index is 12.4. The monoisotopic (exact) mass is 352 g/mol. The Labute approximate surface area is 151 Å². The first-order chi connectivity index (χ1) is 12.5. The molecule has 0 aliphatic rings. The van der Waals surface area contributed by atoms with E-state index in [1.165, 1.54) is 0 Å². The van der Waals surface area contributed by atoms with Gasteiger partial charge in [0.2, 0.25) is 0 Å². The van der Waals surface area contributed by atoms with Crippen molar-refractivity contribution in [3.05, 3.63) is 82.0 Å². The predicted molar refractivity (Wildman–Crippen MR) is 98.6 cm³/mol. The SMILES string of the molecule is CCOC(=O)C(C(c1ccccc1)c1cn(C)c2ccccc12)[N+](=O)[O-]. The van der Waals surface area contributed by atoms with E-state index < -0.39 is 22.9 Å². The number of carbonyl (C=O) groups is 1. The molecule has 6 heteroatoms. The smallest absolute Gasteiger partial charge is 0.382 e. The van der Waals surface area contributed by atoms with Crippen LogP contribution in [0.1, 0.15) is 24.0 Å². The van der Waals surface area contributed by atoms with Crippen molar-refractivity contribution in [2.75, 3.05) is 6.61 Å². The van der Waals surface area contributed by atoms with E-state index in [9.17, 15) is 14.9 Å². The number of esters is 1. The quantitative estimate of drug-likeness (QED) is 0.386. The van der Waals surface area contributed by atoms with E-state index in [4.69, 9.17) is 4.74 Å². The minimum absolute atomic E-state index is 0.0974. The van der Waals surface area contributed by atoms with Crippen LogP contribution in [0.5, 0.6) is 0 Å². The molecule has 0 radical (unpaired) electrons. The maximum Gasteiger partial charge on any atom is 0.382 e. The maximum atomic E-state index is 12.4. The van der Waals surface area contributed by atoms with Gasteiger partial charge in [0.05, 0.1) is 12.5 Å². The molecule has 0 fully saturated rings. The molecule has 1 heterocycles. The van der Waals surface area contributed by atoms with Gasteiger partial charge in [-0.05, 0) is 24.1 Å². The van der Waals surface area contributed by atoms with Crippen molar-refractivity contribution >= 4 is 16.9 Å². The Morgan fingerprint density at radius 1 is 1.15 bits per heavy atom. The van der Waals surface area contributed by atoms with Crippen molar-refractivity contribution in [1.82, 2.24) is 4.57 Å². The summed E-state index contributed by atoms with van der Waals surface area (Å²) in [5.74, 6) is -1.56. The molecule has 6 nitrogen and oxygen atoms in total. The number of ether oxygens (including phenoxy) is 1. The summed E-state index contributed by atoms with van der Waals surface area (Å²) < 4.78 is 6.94. The van der Waals surface area contributed by atoms with E-state index >= 15 is 0 Å². The Morgan fingerprint density at radius 3 is 2.46 bits per heavy atom. The number of carbonyl (C=O) groups excluding carboxylic acids is 1. The second kappa shape index (κ2) is 7.39. The molecule has 2 aromatic carbocycles. The van der Waals surface area contributed by atoms with Crippen molar-refractivity contribution in [1.29, 1.82) is 0 Å². The van der Waals surface area contributed by atoms with Gasteiger partial charge in [-0.2, -0.15) is 0 Å². The first-order valence-corrected chi connectivity index (χ1v) is 8.43. The normalized spacial score (nSPS) is 13.3. The molecule has 3 aromatic rings. The number of benzene rings is 2. The highest BCUT2D eigenvalue weighted by Crippen LogP contribution is 2.35. The van der Waals surface area contributed by atoms with Crippen LogP contribution in [0, 0.1) is 10.1 Å². The summed E-state index contributed by atoms with van der Waals surface area (Å²) in [5.41, 5.74) is 2.40. The molecule has 2 atom stereocenters. The topological polar surface area (TPSA) is 74.4 Å². The van der Waals surface area contributed by atoms with Crippen molar-refractivity contribution < 1.29 is 14.5 Å². The van der Waals surface area contributed by atoms with Gasteiger partial charge in [0, 0.05) is 29.1 Å². The van der Waals surface area contributed by atoms with Crippen LogP contribution < -0.4 is 0 Å². The van der Waals surface area contributed by atoms with E-state index in [2.05, 4.69) is 0 Å². The Morgan fingerprint density at radius 2 is 1.81 bits per heavy atom. The highest BCUT2D eigenvalue weighted by Gasteiger charge is 2.43. The zero-order valence-corrected chi connectivity index (χ0v) is 14.7. The number of aromatic nitrogens is 1. The summed E-state index contributed by atoms with van der Waals surface area (Å²) in [4.78, 5) is 23.7. The van der Waals surface area contributed by atoms with Gasteiger partial charge in [-0.3, -0.25) is 10.1 Å². The summed E-state index contributed by atoms with van der Waals surface area (Å²) in [6.45, 7) is 1.74. The Kier molecular flexibility index (Phi) is 5.02. The average Bonchev–Trinajstić information content (AvgIpc) is 2.97. The van der Waals surface area contributed by atoms with Crippen molar-refractivity contribution in [2.45, 2.75) is 18.9 Å². The second-order valence-corrected chi connectivity index (χ2v) is 6.08. The van der Waals surface area contributed by atoms with E-state index in [-0.39, 0.29) is 6.61 Å². The van der Waals surface area contributed by atoms with E-state index in [0.29, 0.717) is 5.56 Å². The number of para-hydroxylation sites is 1. The molecule has 0 aliphatic heterocycles. The largest absolute Gasteiger partial charge is 0.461 e. The molecule has 0 spiro atoms. The Hall–Kier alpha value is -3.15. The van der Waals surface area contributed by atoms with Crippen LogP contribution in [-0.2, 0) is 16.6 Å². The Bertz CT molecular complexity index is 933. The first kappa shape index (κ1) is 17.7. The molecule has 0 N–H and O–H groups in total. The highest BCUT2D eigenvalue weighted by molar-refractivity contribution is 5.87. The summed E-state index contributed by atoms with van der Waals surface area (Å²) in [5, 5.41) is 12.7. The van der Waals surface area contributed by atoms with Gasteiger partial charge in [-0.1, -0.05) is 48.5 Å². The standard InChI is InChI=1S/C20H20N2O4/c1-3-26-20(23)19(22(24)25)18(14-9-5-4-6-10-14)16-13-21(2)17-12-8-7-11-15(16)17/h4-13,18-19H,3H2,1-2H3. The lowest BCUT2D eigenvalue weighted by Crippen LogP contribution is -2.37. The summed E-state index contributed by atoms with van der Waals surface area (Å²) in [7, 11) is 1.89. The fourth-order valence-electron chi connectivity index (χ4n) is 3.38. The molecular formula is C20H20N2O4. The van der Waals surface area contributed by atoms with Crippen LogP contribution in [0.3, 0.4) is 0 Å². The highest BCUT2D eigenvalue weighted by atomic mass is 16.6. The fourth-order valence-corrected chi connectivity index (χ4v) is 3.38. The van der Waals surface area contributed by atoms with Crippen LogP contribution >= 0.6 is 0 Å². The molecule has 2 unspecified atom stereocenters. The average molecular weight is 352 g/mol. The summed E-state index contributed by atoms with van der Waals surface area (Å²) in [6.07, 6.45) is 1.86. The number of aryl methyl sites for hydroxylation is 1. The van der Waals surface area contributed by atoms with Gasteiger partial charge in [0.25, 0.3) is 0 Å². The molecule has 3 rings (SSSR count). The lowest BCUT2D eigenvalue weighted by atomic mass is 9.85. The lowest BCUT2D eigenvalue weighted by molar-refractivity contribution is -0.513. The van der Waals surface area contributed by atoms with Gasteiger partial charge in [-0.25, -0.2) is 4.79 Å². The summed E-state index contributed by atoms with van der Waals surface area (Å²) >= 11 is 0. The molecule has 134 valence electrons. The van der Waals surface area contributed by atoms with Gasteiger partial charge < -0.3 is 9.30 Å². The summed E-state index contributed by atoms with van der Waals surface area (Å²) in [6, 6.07) is 15.3. The third-order valence-electron chi connectivity index (χ3n) is 4.49. The van der Waals surface area contributed by atoms with Crippen LogP contribution in [0.2, 0.25) is 0 Å². The van der Waals surface area contributed by atoms with Crippen LogP contribution in [0.4, 0.5) is 0 Å². The molecule has 0 saturated heterocycles. The number of nitro groups is 1. The first-order valence-electron chi connectivity index (χ1n) is 8.43. The van der Waals surface area contributed by atoms with Crippen molar-refractivity contribution in [3.8, 4) is 0 Å². The number of rotatable bonds is 6. The molecular weight excluding hydrogens is 332 g/mol. The van der Waals surface area contributed by atoms with Crippen molar-refractivity contribution in [3.63, 3.8) is 0 Å².